The minimum absolute atomic E-state index is 0.566. The third kappa shape index (κ3) is 5.35. The maximum Gasteiger partial charge on any atom is 0.0522 e. The largest absolute Gasteiger partial charge is 0.314 e. The zero-order valence-electron chi connectivity index (χ0n) is 13.4. The molecule has 1 heterocycles. The van der Waals surface area contributed by atoms with Crippen LogP contribution >= 0.6 is 0 Å². The Balaban J connectivity index is 1.61. The Morgan fingerprint density at radius 3 is 2.81 bits per heavy atom. The Bertz CT molecular complexity index is 545. The highest BCUT2D eigenvalue weighted by atomic mass is 15.1. The van der Waals surface area contributed by atoms with Gasteiger partial charge in [-0.3, -0.25) is 5.10 Å². The van der Waals surface area contributed by atoms with E-state index in [1.807, 2.05) is 6.20 Å². The van der Waals surface area contributed by atoms with E-state index >= 15 is 0 Å². The van der Waals surface area contributed by atoms with Crippen LogP contribution in [0.5, 0.6) is 0 Å². The first-order valence-corrected chi connectivity index (χ1v) is 7.93. The van der Waals surface area contributed by atoms with Crippen LogP contribution in [0.4, 0.5) is 0 Å². The maximum atomic E-state index is 4.06. The highest BCUT2D eigenvalue weighted by Crippen LogP contribution is 2.09. The second-order valence-electron chi connectivity index (χ2n) is 6.01. The minimum Gasteiger partial charge on any atom is -0.314 e. The summed E-state index contributed by atoms with van der Waals surface area (Å²) in [6.07, 6.45) is 6.54. The van der Waals surface area contributed by atoms with Crippen LogP contribution < -0.4 is 5.32 Å². The molecule has 2 N–H and O–H groups in total. The van der Waals surface area contributed by atoms with Crippen molar-refractivity contribution in [1.82, 2.24) is 15.5 Å². The van der Waals surface area contributed by atoms with Crippen LogP contribution in [0.15, 0.2) is 30.5 Å². The Kier molecular flexibility index (Phi) is 6.00. The third-order valence-corrected chi connectivity index (χ3v) is 4.00. The van der Waals surface area contributed by atoms with Gasteiger partial charge < -0.3 is 5.32 Å². The van der Waals surface area contributed by atoms with Crippen molar-refractivity contribution >= 4 is 0 Å². The van der Waals surface area contributed by atoms with Gasteiger partial charge in [-0.15, -0.1) is 0 Å². The highest BCUT2D eigenvalue weighted by molar-refractivity contribution is 5.22. The van der Waals surface area contributed by atoms with E-state index in [-0.39, 0.29) is 0 Å². The fraction of sp³-hybridized carbons (Fsp3) is 0.500. The minimum atomic E-state index is 0.566. The van der Waals surface area contributed by atoms with Gasteiger partial charge in [-0.1, -0.05) is 29.8 Å². The van der Waals surface area contributed by atoms with Crippen molar-refractivity contribution in [3.05, 3.63) is 52.8 Å². The molecule has 0 saturated heterocycles. The first-order chi connectivity index (χ1) is 10.1. The number of hydrogen-bond acceptors (Lipinski definition) is 2. The fourth-order valence-corrected chi connectivity index (χ4v) is 2.61. The number of hydrogen-bond donors (Lipinski definition) is 2. The summed E-state index contributed by atoms with van der Waals surface area (Å²) in [6.45, 7) is 7.59. The van der Waals surface area contributed by atoms with Crippen LogP contribution in [0, 0.1) is 13.8 Å². The summed E-state index contributed by atoms with van der Waals surface area (Å²) in [5.41, 5.74) is 5.33. The number of nitrogens with zero attached hydrogens (tertiary/aromatic N) is 1. The van der Waals surface area contributed by atoms with E-state index in [1.54, 1.807) is 0 Å². The van der Waals surface area contributed by atoms with Gasteiger partial charge in [0, 0.05) is 11.7 Å². The lowest BCUT2D eigenvalue weighted by Gasteiger charge is -2.14. The molecule has 3 nitrogen and oxygen atoms in total. The summed E-state index contributed by atoms with van der Waals surface area (Å²) in [5, 5.41) is 10.7. The van der Waals surface area contributed by atoms with Crippen molar-refractivity contribution in [2.75, 3.05) is 6.54 Å². The molecule has 1 unspecified atom stereocenters. The smallest absolute Gasteiger partial charge is 0.0522 e. The molecule has 0 spiro atoms. The molecule has 0 aliphatic rings. The van der Waals surface area contributed by atoms with Gasteiger partial charge in [0.15, 0.2) is 0 Å². The summed E-state index contributed by atoms with van der Waals surface area (Å²) < 4.78 is 0. The predicted octanol–water partition coefficient (Wildman–Crippen LogP) is 3.57. The van der Waals surface area contributed by atoms with E-state index in [0.29, 0.717) is 6.04 Å². The lowest BCUT2D eigenvalue weighted by molar-refractivity contribution is 0.506. The molecule has 1 atom stereocenters. The van der Waals surface area contributed by atoms with Crippen LogP contribution in [0.2, 0.25) is 0 Å². The summed E-state index contributed by atoms with van der Waals surface area (Å²) in [5.74, 6) is 0. The molecule has 3 heteroatoms. The second kappa shape index (κ2) is 7.99. The summed E-state index contributed by atoms with van der Waals surface area (Å²) in [7, 11) is 0. The van der Waals surface area contributed by atoms with Gasteiger partial charge >= 0.3 is 0 Å². The predicted molar refractivity (Wildman–Crippen MR) is 88.6 cm³/mol. The molecule has 1 aromatic heterocycles. The van der Waals surface area contributed by atoms with Crippen molar-refractivity contribution < 1.29 is 0 Å². The molecule has 1 aromatic carbocycles. The lowest BCUT2D eigenvalue weighted by atomic mass is 10.0. The Labute approximate surface area is 128 Å². The molecule has 0 amide bonds. The molecular weight excluding hydrogens is 258 g/mol. The summed E-state index contributed by atoms with van der Waals surface area (Å²) >= 11 is 0. The Hall–Kier alpha value is -1.61. The zero-order valence-corrected chi connectivity index (χ0v) is 13.4. The van der Waals surface area contributed by atoms with Gasteiger partial charge in [0.25, 0.3) is 0 Å². The van der Waals surface area contributed by atoms with E-state index < -0.39 is 0 Å². The number of H-pyrrole nitrogens is 1. The van der Waals surface area contributed by atoms with Crippen LogP contribution in [0.3, 0.4) is 0 Å². The normalized spacial score (nSPS) is 12.5. The van der Waals surface area contributed by atoms with Gasteiger partial charge in [0.1, 0.15) is 0 Å². The fourth-order valence-electron chi connectivity index (χ4n) is 2.61. The molecule has 0 saturated carbocycles. The molecule has 21 heavy (non-hydrogen) atoms. The van der Waals surface area contributed by atoms with Crippen molar-refractivity contribution in [2.24, 2.45) is 0 Å². The van der Waals surface area contributed by atoms with E-state index in [4.69, 9.17) is 0 Å². The standard InChI is InChI=1S/C18H27N3/c1-14-6-4-7-17(12-14)10-9-15(2)19-11-5-8-18-13-20-21-16(18)3/h4,6-7,12-13,15,19H,5,8-11H2,1-3H3,(H,20,21). The monoisotopic (exact) mass is 285 g/mol. The Morgan fingerprint density at radius 2 is 2.10 bits per heavy atom. The molecule has 0 aliphatic heterocycles. The molecular formula is C18H27N3. The molecule has 2 aromatic rings. The second-order valence-corrected chi connectivity index (χ2v) is 6.01. The van der Waals surface area contributed by atoms with Crippen LogP contribution in [-0.4, -0.2) is 22.8 Å². The van der Waals surface area contributed by atoms with Crippen molar-refractivity contribution in [3.8, 4) is 0 Å². The van der Waals surface area contributed by atoms with E-state index in [9.17, 15) is 0 Å². The molecule has 0 aliphatic carbocycles. The number of rotatable bonds is 8. The molecule has 0 bridgehead atoms. The topological polar surface area (TPSA) is 40.7 Å². The van der Waals surface area contributed by atoms with E-state index in [0.717, 1.165) is 25.8 Å². The molecule has 0 fully saturated rings. The molecule has 0 radical (unpaired) electrons. The van der Waals surface area contributed by atoms with Crippen molar-refractivity contribution in [2.45, 2.75) is 52.5 Å². The summed E-state index contributed by atoms with van der Waals surface area (Å²) in [6, 6.07) is 9.38. The first kappa shape index (κ1) is 15.8. The van der Waals surface area contributed by atoms with E-state index in [1.165, 1.54) is 28.8 Å². The van der Waals surface area contributed by atoms with Crippen molar-refractivity contribution in [1.29, 1.82) is 0 Å². The number of aryl methyl sites for hydroxylation is 4. The number of aromatic amines is 1. The molecule has 2 rings (SSSR count). The van der Waals surface area contributed by atoms with Gasteiger partial charge in [0.2, 0.25) is 0 Å². The third-order valence-electron chi connectivity index (χ3n) is 4.00. The number of aromatic nitrogens is 2. The van der Waals surface area contributed by atoms with E-state index in [2.05, 4.69) is 60.6 Å². The SMILES string of the molecule is Cc1cccc(CCC(C)NCCCc2cn[nH]c2C)c1. The summed E-state index contributed by atoms with van der Waals surface area (Å²) in [4.78, 5) is 0. The van der Waals surface area contributed by atoms with Crippen LogP contribution in [0.25, 0.3) is 0 Å². The molecule has 114 valence electrons. The highest BCUT2D eigenvalue weighted by Gasteiger charge is 2.03. The average molecular weight is 285 g/mol. The number of nitrogens with one attached hydrogen (secondary N) is 2. The Morgan fingerprint density at radius 1 is 1.24 bits per heavy atom. The first-order valence-electron chi connectivity index (χ1n) is 7.93. The van der Waals surface area contributed by atoms with Gasteiger partial charge in [-0.05, 0) is 64.1 Å². The van der Waals surface area contributed by atoms with Gasteiger partial charge in [-0.25, -0.2) is 0 Å². The van der Waals surface area contributed by atoms with Gasteiger partial charge in [0.05, 0.1) is 6.20 Å². The maximum absolute atomic E-state index is 4.06. The zero-order chi connectivity index (χ0) is 15.1. The average Bonchev–Trinajstić information content (AvgIpc) is 2.87. The lowest BCUT2D eigenvalue weighted by Crippen LogP contribution is -2.27. The van der Waals surface area contributed by atoms with Gasteiger partial charge in [-0.2, -0.15) is 5.10 Å². The van der Waals surface area contributed by atoms with Crippen LogP contribution in [-0.2, 0) is 12.8 Å². The number of benzene rings is 1. The van der Waals surface area contributed by atoms with Crippen molar-refractivity contribution in [3.63, 3.8) is 0 Å². The van der Waals surface area contributed by atoms with Crippen LogP contribution in [0.1, 0.15) is 42.1 Å². The quantitative estimate of drug-likeness (QED) is 0.728.